The van der Waals surface area contributed by atoms with E-state index in [0.29, 0.717) is 6.54 Å². The molecule has 1 amide bonds. The normalized spacial score (nSPS) is 18.9. The molecule has 108 valence electrons. The van der Waals surface area contributed by atoms with Crippen molar-refractivity contribution in [3.63, 3.8) is 0 Å². The molecule has 0 aliphatic carbocycles. The molecule has 0 saturated carbocycles. The van der Waals surface area contributed by atoms with Gasteiger partial charge in [0.25, 0.3) is 11.6 Å². The van der Waals surface area contributed by atoms with Gasteiger partial charge < -0.3 is 10.6 Å². The molecule has 2 rings (SSSR count). The Labute approximate surface area is 125 Å². The van der Waals surface area contributed by atoms with Crippen molar-refractivity contribution in [1.82, 2.24) is 4.90 Å². The van der Waals surface area contributed by atoms with Gasteiger partial charge in [0.15, 0.2) is 0 Å². The van der Waals surface area contributed by atoms with Gasteiger partial charge in [-0.25, -0.2) is 0 Å². The third-order valence-corrected chi connectivity index (χ3v) is 4.69. The number of nitrogens with zero attached hydrogens (tertiary/aromatic N) is 2. The van der Waals surface area contributed by atoms with Crippen molar-refractivity contribution >= 4 is 40.6 Å². The number of amides is 1. The predicted molar refractivity (Wildman–Crippen MR) is 80.3 cm³/mol. The average molecular weight is 316 g/mol. The molecular formula is C12H14ClN3O3S. The topological polar surface area (TPSA) is 89.5 Å². The summed E-state index contributed by atoms with van der Waals surface area (Å²) in [7, 11) is 0. The summed E-state index contributed by atoms with van der Waals surface area (Å²) >= 11 is 7.65. The van der Waals surface area contributed by atoms with Gasteiger partial charge in [-0.3, -0.25) is 14.9 Å². The van der Waals surface area contributed by atoms with Crippen LogP contribution in [0.5, 0.6) is 0 Å². The Kier molecular flexibility index (Phi) is 4.39. The Morgan fingerprint density at radius 2 is 2.30 bits per heavy atom. The molecule has 2 N–H and O–H groups in total. The van der Waals surface area contributed by atoms with Crippen LogP contribution in [0.4, 0.5) is 11.4 Å². The van der Waals surface area contributed by atoms with E-state index >= 15 is 0 Å². The van der Waals surface area contributed by atoms with Crippen LogP contribution in [0.2, 0.25) is 5.02 Å². The summed E-state index contributed by atoms with van der Waals surface area (Å²) in [6.45, 7) is 2.55. The molecule has 1 fully saturated rings. The minimum atomic E-state index is -0.586. The molecule has 1 aromatic rings. The number of carbonyl (C=O) groups excluding carboxylic acids is 1. The van der Waals surface area contributed by atoms with E-state index in [0.717, 1.165) is 17.6 Å². The number of benzene rings is 1. The molecule has 8 heteroatoms. The van der Waals surface area contributed by atoms with E-state index in [-0.39, 0.29) is 33.9 Å². The van der Waals surface area contributed by atoms with E-state index < -0.39 is 4.92 Å². The van der Waals surface area contributed by atoms with Gasteiger partial charge >= 0.3 is 0 Å². The molecule has 1 heterocycles. The fraction of sp³-hybridized carbons (Fsp3) is 0.417. The zero-order valence-corrected chi connectivity index (χ0v) is 12.4. The van der Waals surface area contributed by atoms with E-state index in [9.17, 15) is 14.9 Å². The van der Waals surface area contributed by atoms with Crippen molar-refractivity contribution in [2.75, 3.05) is 23.8 Å². The minimum absolute atomic E-state index is 0.0292. The van der Waals surface area contributed by atoms with Crippen LogP contribution in [0, 0.1) is 10.1 Å². The molecule has 1 atom stereocenters. The maximum absolute atomic E-state index is 12.5. The van der Waals surface area contributed by atoms with E-state index in [1.54, 1.807) is 16.7 Å². The van der Waals surface area contributed by atoms with Crippen molar-refractivity contribution in [3.05, 3.63) is 32.8 Å². The maximum Gasteiger partial charge on any atom is 0.271 e. The molecule has 1 unspecified atom stereocenters. The number of nitrogen functional groups attached to an aromatic ring is 1. The molecule has 6 nitrogen and oxygen atoms in total. The summed E-state index contributed by atoms with van der Waals surface area (Å²) in [5, 5.41) is 10.9. The van der Waals surface area contributed by atoms with Crippen molar-refractivity contribution < 1.29 is 9.72 Å². The summed E-state index contributed by atoms with van der Waals surface area (Å²) in [4.78, 5) is 24.5. The Bertz CT molecular complexity index is 567. The lowest BCUT2D eigenvalue weighted by Crippen LogP contribution is -2.44. The van der Waals surface area contributed by atoms with Crippen LogP contribution < -0.4 is 5.73 Å². The highest BCUT2D eigenvalue weighted by atomic mass is 35.5. The van der Waals surface area contributed by atoms with Gasteiger partial charge in [0.1, 0.15) is 0 Å². The molecule has 0 bridgehead atoms. The second-order valence-electron chi connectivity index (χ2n) is 4.57. The lowest BCUT2D eigenvalue weighted by molar-refractivity contribution is -0.384. The summed E-state index contributed by atoms with van der Waals surface area (Å²) in [6.07, 6.45) is 0. The number of carbonyl (C=O) groups is 1. The van der Waals surface area contributed by atoms with Crippen LogP contribution in [0.25, 0.3) is 0 Å². The van der Waals surface area contributed by atoms with Crippen molar-refractivity contribution in [2.24, 2.45) is 0 Å². The lowest BCUT2D eigenvalue weighted by Gasteiger charge is -2.33. The first-order chi connectivity index (χ1) is 9.41. The Balaban J connectivity index is 2.40. The smallest absolute Gasteiger partial charge is 0.271 e. The molecular weight excluding hydrogens is 302 g/mol. The monoisotopic (exact) mass is 315 g/mol. The van der Waals surface area contributed by atoms with E-state index in [4.69, 9.17) is 17.3 Å². The molecule has 20 heavy (non-hydrogen) atoms. The van der Waals surface area contributed by atoms with Crippen LogP contribution in [0.3, 0.4) is 0 Å². The third-order valence-electron chi connectivity index (χ3n) is 3.18. The number of anilines is 1. The van der Waals surface area contributed by atoms with Gasteiger partial charge in [-0.15, -0.1) is 0 Å². The van der Waals surface area contributed by atoms with E-state index in [1.807, 2.05) is 6.92 Å². The molecule has 0 spiro atoms. The van der Waals surface area contributed by atoms with Gasteiger partial charge in [0.2, 0.25) is 0 Å². The largest absolute Gasteiger partial charge is 0.397 e. The first kappa shape index (κ1) is 14.9. The van der Waals surface area contributed by atoms with Crippen molar-refractivity contribution in [1.29, 1.82) is 0 Å². The van der Waals surface area contributed by atoms with Crippen LogP contribution >= 0.6 is 23.4 Å². The second-order valence-corrected chi connectivity index (χ2v) is 6.13. The molecule has 1 saturated heterocycles. The van der Waals surface area contributed by atoms with Gasteiger partial charge in [0.05, 0.1) is 21.2 Å². The number of nitrogens with two attached hydrogens (primary N) is 1. The molecule has 1 aliphatic rings. The quantitative estimate of drug-likeness (QED) is 0.514. The molecule has 0 aromatic heterocycles. The van der Waals surface area contributed by atoms with Crippen molar-refractivity contribution in [2.45, 2.75) is 13.0 Å². The number of hydrogen-bond donors (Lipinski definition) is 1. The van der Waals surface area contributed by atoms with Crippen molar-refractivity contribution in [3.8, 4) is 0 Å². The predicted octanol–water partition coefficient (Wildman–Crippen LogP) is 2.41. The fourth-order valence-corrected chi connectivity index (χ4v) is 3.30. The highest BCUT2D eigenvalue weighted by molar-refractivity contribution is 7.99. The Hall–Kier alpha value is -1.47. The highest BCUT2D eigenvalue weighted by Gasteiger charge is 2.28. The SMILES string of the molecule is CC1CSCCN1C(=O)c1cc([N+](=O)[O-])cc(Cl)c1N. The lowest BCUT2D eigenvalue weighted by atomic mass is 10.1. The average Bonchev–Trinajstić information content (AvgIpc) is 2.41. The maximum atomic E-state index is 12.5. The number of nitro groups is 1. The number of halogens is 1. The first-order valence-corrected chi connectivity index (χ1v) is 7.57. The van der Waals surface area contributed by atoms with Gasteiger partial charge in [-0.05, 0) is 6.92 Å². The molecule has 1 aliphatic heterocycles. The summed E-state index contributed by atoms with van der Waals surface area (Å²) < 4.78 is 0. The van der Waals surface area contributed by atoms with Gasteiger partial charge in [0, 0.05) is 36.2 Å². The van der Waals surface area contributed by atoms with Crippen LogP contribution in [0.1, 0.15) is 17.3 Å². The zero-order chi connectivity index (χ0) is 14.9. The summed E-state index contributed by atoms with van der Waals surface area (Å²) in [5.74, 6) is 1.38. The number of non-ortho nitro benzene ring substituents is 1. The van der Waals surface area contributed by atoms with Crippen LogP contribution in [-0.2, 0) is 0 Å². The number of hydrogen-bond acceptors (Lipinski definition) is 5. The second kappa shape index (κ2) is 5.88. The number of thioether (sulfide) groups is 1. The first-order valence-electron chi connectivity index (χ1n) is 6.04. The van der Waals surface area contributed by atoms with E-state index in [2.05, 4.69) is 0 Å². The van der Waals surface area contributed by atoms with Gasteiger partial charge in [-0.1, -0.05) is 11.6 Å². The van der Waals surface area contributed by atoms with Gasteiger partial charge in [-0.2, -0.15) is 11.8 Å². The fourth-order valence-electron chi connectivity index (χ4n) is 2.07. The molecule has 0 radical (unpaired) electrons. The third kappa shape index (κ3) is 2.83. The van der Waals surface area contributed by atoms with Crippen LogP contribution in [0.15, 0.2) is 12.1 Å². The standard InChI is InChI=1S/C12H14ClN3O3S/c1-7-6-20-3-2-15(7)12(17)9-4-8(16(18)19)5-10(13)11(9)14/h4-5,7H,2-3,6,14H2,1H3. The number of nitro benzene ring substituents is 1. The summed E-state index contributed by atoms with van der Waals surface area (Å²) in [5.41, 5.74) is 5.76. The number of rotatable bonds is 2. The Morgan fingerprint density at radius 1 is 1.60 bits per heavy atom. The molecule has 1 aromatic carbocycles. The van der Waals surface area contributed by atoms with Crippen LogP contribution in [-0.4, -0.2) is 39.8 Å². The Morgan fingerprint density at radius 3 is 2.90 bits per heavy atom. The minimum Gasteiger partial charge on any atom is -0.397 e. The zero-order valence-electron chi connectivity index (χ0n) is 10.8. The van der Waals surface area contributed by atoms with E-state index in [1.165, 1.54) is 6.07 Å². The highest BCUT2D eigenvalue weighted by Crippen LogP contribution is 2.30. The summed E-state index contributed by atoms with van der Waals surface area (Å²) in [6, 6.07) is 2.42.